The van der Waals surface area contributed by atoms with E-state index in [1.165, 1.54) is 11.1 Å². The zero-order valence-electron chi connectivity index (χ0n) is 13.1. The number of amides is 2. The average molecular weight is 424 g/mol. The van der Waals surface area contributed by atoms with Gasteiger partial charge in [0.1, 0.15) is 10.9 Å². The van der Waals surface area contributed by atoms with Crippen LogP contribution in [-0.2, 0) is 9.59 Å². The molecule has 5 nitrogen and oxygen atoms in total. The molecule has 0 spiro atoms. The first-order valence-electron chi connectivity index (χ1n) is 7.35. The number of hydrogen-bond acceptors (Lipinski definition) is 5. The highest BCUT2D eigenvalue weighted by Gasteiger charge is 2.33. The number of nitrogens with zero attached hydrogens (tertiary/aromatic N) is 2. The second-order valence-electron chi connectivity index (χ2n) is 5.19. The van der Waals surface area contributed by atoms with Crippen molar-refractivity contribution >= 4 is 75.1 Å². The Kier molecular flexibility index (Phi) is 5.93. The van der Waals surface area contributed by atoms with Crippen molar-refractivity contribution in [2.75, 3.05) is 11.9 Å². The highest BCUT2D eigenvalue weighted by Crippen LogP contribution is 2.35. The zero-order valence-corrected chi connectivity index (χ0v) is 16.3. The minimum absolute atomic E-state index is 0.187. The molecule has 2 heterocycles. The van der Waals surface area contributed by atoms with Crippen LogP contribution >= 0.6 is 47.2 Å². The number of hydrogen-bond donors (Lipinski definition) is 1. The summed E-state index contributed by atoms with van der Waals surface area (Å²) in [5, 5.41) is 3.52. The Morgan fingerprint density at radius 3 is 2.65 bits per heavy atom. The first kappa shape index (κ1) is 18.8. The van der Waals surface area contributed by atoms with Gasteiger partial charge < -0.3 is 5.32 Å². The van der Waals surface area contributed by atoms with Crippen LogP contribution in [-0.4, -0.2) is 32.6 Å². The predicted molar refractivity (Wildman–Crippen MR) is 109 cm³/mol. The summed E-state index contributed by atoms with van der Waals surface area (Å²) in [4.78, 5) is 30.3. The summed E-state index contributed by atoms with van der Waals surface area (Å²) >= 11 is 18.6. The van der Waals surface area contributed by atoms with E-state index >= 15 is 0 Å². The second-order valence-corrected chi connectivity index (χ2v) is 7.68. The topological polar surface area (TPSA) is 62.3 Å². The number of anilines is 1. The molecule has 1 aromatic carbocycles. The fraction of sp³-hybridized carbons (Fsp3) is 0.0588. The molecule has 3 rings (SSSR count). The van der Waals surface area contributed by atoms with Crippen molar-refractivity contribution < 1.29 is 9.59 Å². The number of halogens is 2. The van der Waals surface area contributed by atoms with Gasteiger partial charge in [0.15, 0.2) is 0 Å². The lowest BCUT2D eigenvalue weighted by Crippen LogP contribution is -2.36. The lowest BCUT2D eigenvalue weighted by Gasteiger charge is -2.14. The maximum Gasteiger partial charge on any atom is 0.266 e. The Labute approximate surface area is 169 Å². The van der Waals surface area contributed by atoms with E-state index in [4.69, 9.17) is 35.4 Å². The molecule has 1 aliphatic rings. The molecule has 0 aliphatic carbocycles. The Hall–Kier alpha value is -1.93. The molecule has 1 aromatic heterocycles. The summed E-state index contributed by atoms with van der Waals surface area (Å²) in [5.41, 5.74) is 1.08. The van der Waals surface area contributed by atoms with E-state index in [2.05, 4.69) is 10.3 Å². The fourth-order valence-corrected chi connectivity index (χ4v) is 3.94. The number of thiocarbonyl (C=S) groups is 1. The summed E-state index contributed by atoms with van der Waals surface area (Å²) in [5.74, 6) is -0.733. The van der Waals surface area contributed by atoms with Crippen LogP contribution in [0.4, 0.5) is 5.69 Å². The lowest BCUT2D eigenvalue weighted by atomic mass is 10.2. The molecule has 132 valence electrons. The second kappa shape index (κ2) is 8.18. The van der Waals surface area contributed by atoms with E-state index in [-0.39, 0.29) is 18.4 Å². The minimum atomic E-state index is -0.369. The summed E-state index contributed by atoms with van der Waals surface area (Å²) in [6.07, 6.45) is 4.70. The third-order valence-corrected chi connectivity index (χ3v) is 5.43. The van der Waals surface area contributed by atoms with Gasteiger partial charge >= 0.3 is 0 Å². The summed E-state index contributed by atoms with van der Waals surface area (Å²) < 4.78 is 0.297. The molecular weight excluding hydrogens is 413 g/mol. The molecule has 0 saturated carbocycles. The molecule has 0 atom stereocenters. The number of carbonyl (C=O) groups excluding carboxylic acids is 2. The van der Waals surface area contributed by atoms with Gasteiger partial charge in [-0.2, -0.15) is 0 Å². The van der Waals surface area contributed by atoms with Crippen molar-refractivity contribution in [2.45, 2.75) is 0 Å². The first-order valence-corrected chi connectivity index (χ1v) is 9.33. The van der Waals surface area contributed by atoms with Crippen LogP contribution in [0.1, 0.15) is 5.56 Å². The van der Waals surface area contributed by atoms with Crippen molar-refractivity contribution in [3.63, 3.8) is 0 Å². The van der Waals surface area contributed by atoms with Gasteiger partial charge in [0, 0.05) is 21.8 Å². The number of rotatable bonds is 4. The zero-order chi connectivity index (χ0) is 18.7. The van der Waals surface area contributed by atoms with Gasteiger partial charge in [0.05, 0.1) is 16.8 Å². The molecule has 0 radical (unpaired) electrons. The standard InChI is InChI=1S/C17H11Cl2N3O2S2/c18-12-4-1-5-13(19)11(12)7-14-16(24)22(17(25)26-14)9-15(23)21-10-3-2-6-20-8-10/h1-8H,9H2,(H,21,23)/b14-7-. The number of pyridine rings is 1. The average Bonchev–Trinajstić information content (AvgIpc) is 2.86. The largest absolute Gasteiger partial charge is 0.323 e. The first-order chi connectivity index (χ1) is 12.5. The van der Waals surface area contributed by atoms with Crippen molar-refractivity contribution in [1.82, 2.24) is 9.88 Å². The number of thioether (sulfide) groups is 1. The van der Waals surface area contributed by atoms with Crippen molar-refractivity contribution in [3.8, 4) is 0 Å². The van der Waals surface area contributed by atoms with Gasteiger partial charge in [-0.1, -0.05) is 53.2 Å². The molecule has 1 N–H and O–H groups in total. The number of benzene rings is 1. The van der Waals surface area contributed by atoms with Crippen molar-refractivity contribution in [1.29, 1.82) is 0 Å². The molecule has 26 heavy (non-hydrogen) atoms. The molecule has 0 bridgehead atoms. The van der Waals surface area contributed by atoms with Crippen molar-refractivity contribution in [2.24, 2.45) is 0 Å². The van der Waals surface area contributed by atoms with Crippen LogP contribution in [0.3, 0.4) is 0 Å². The lowest BCUT2D eigenvalue weighted by molar-refractivity contribution is -0.126. The van der Waals surface area contributed by atoms with Gasteiger partial charge in [0.2, 0.25) is 5.91 Å². The monoisotopic (exact) mass is 423 g/mol. The van der Waals surface area contributed by atoms with Crippen LogP contribution in [0.2, 0.25) is 10.0 Å². The maximum absolute atomic E-state index is 12.6. The predicted octanol–water partition coefficient (Wildman–Crippen LogP) is 4.23. The van der Waals surface area contributed by atoms with Crippen LogP contribution < -0.4 is 5.32 Å². The molecule has 1 saturated heterocycles. The van der Waals surface area contributed by atoms with Gasteiger partial charge in [-0.25, -0.2) is 0 Å². The van der Waals surface area contributed by atoms with Crippen LogP contribution in [0.5, 0.6) is 0 Å². The molecule has 1 aliphatic heterocycles. The van der Waals surface area contributed by atoms with E-state index in [9.17, 15) is 9.59 Å². The van der Waals surface area contributed by atoms with Gasteiger partial charge in [-0.15, -0.1) is 0 Å². The molecule has 2 aromatic rings. The normalized spacial score (nSPS) is 15.6. The summed E-state index contributed by atoms with van der Waals surface area (Å²) in [6.45, 7) is -0.187. The molecule has 0 unspecified atom stereocenters. The van der Waals surface area contributed by atoms with Crippen LogP contribution in [0.25, 0.3) is 6.08 Å². The van der Waals surface area contributed by atoms with Gasteiger partial charge in [-0.05, 0) is 30.3 Å². The minimum Gasteiger partial charge on any atom is -0.323 e. The SMILES string of the molecule is O=C(CN1C(=O)/C(=C/c2c(Cl)cccc2Cl)SC1=S)Nc1cccnc1. The molecule has 9 heteroatoms. The van der Waals surface area contributed by atoms with Gasteiger partial charge in [-0.3, -0.25) is 19.5 Å². The number of nitrogens with one attached hydrogen (secondary N) is 1. The highest BCUT2D eigenvalue weighted by molar-refractivity contribution is 8.26. The Balaban J connectivity index is 1.75. The Bertz CT molecular complexity index is 899. The summed E-state index contributed by atoms with van der Waals surface area (Å²) in [6, 6.07) is 8.48. The molecular formula is C17H11Cl2N3O2S2. The van der Waals surface area contributed by atoms with E-state index in [1.54, 1.807) is 42.6 Å². The highest BCUT2D eigenvalue weighted by atomic mass is 35.5. The van der Waals surface area contributed by atoms with Crippen molar-refractivity contribution in [3.05, 3.63) is 63.2 Å². The Morgan fingerprint density at radius 1 is 1.27 bits per heavy atom. The third kappa shape index (κ3) is 4.24. The molecule has 1 fully saturated rings. The molecule has 2 amide bonds. The van der Waals surface area contributed by atoms with Crippen LogP contribution in [0, 0.1) is 0 Å². The Morgan fingerprint density at radius 2 is 2.00 bits per heavy atom. The third-order valence-electron chi connectivity index (χ3n) is 3.40. The van der Waals surface area contributed by atoms with Gasteiger partial charge in [0.25, 0.3) is 5.91 Å². The van der Waals surface area contributed by atoms with E-state index < -0.39 is 0 Å². The number of carbonyl (C=O) groups is 2. The maximum atomic E-state index is 12.6. The van der Waals surface area contributed by atoms with E-state index in [0.29, 0.717) is 30.5 Å². The van der Waals surface area contributed by atoms with E-state index in [0.717, 1.165) is 11.8 Å². The van der Waals surface area contributed by atoms with E-state index in [1.807, 2.05) is 0 Å². The quantitative estimate of drug-likeness (QED) is 0.588. The van der Waals surface area contributed by atoms with Crippen LogP contribution in [0.15, 0.2) is 47.6 Å². The summed E-state index contributed by atoms with van der Waals surface area (Å²) in [7, 11) is 0. The fourth-order valence-electron chi connectivity index (χ4n) is 2.20. The number of aromatic nitrogens is 1. The smallest absolute Gasteiger partial charge is 0.266 e.